The molecular weight excluding hydrogens is 326 g/mol. The molecule has 1 atom stereocenters. The van der Waals surface area contributed by atoms with Gasteiger partial charge in [-0.3, -0.25) is 4.79 Å². The summed E-state index contributed by atoms with van der Waals surface area (Å²) in [5.41, 5.74) is 3.40. The highest BCUT2D eigenvalue weighted by Gasteiger charge is 2.14. The number of hydrogen-bond acceptors (Lipinski definition) is 3. The number of phenols is 1. The first-order chi connectivity index (χ1) is 12.7. The molecule has 26 heavy (non-hydrogen) atoms. The zero-order valence-electron chi connectivity index (χ0n) is 14.3. The zero-order chi connectivity index (χ0) is 18.4. The van der Waals surface area contributed by atoms with E-state index in [-0.39, 0.29) is 24.3 Å². The van der Waals surface area contributed by atoms with Gasteiger partial charge in [-0.1, -0.05) is 54.6 Å². The topological polar surface area (TPSA) is 69.6 Å². The summed E-state index contributed by atoms with van der Waals surface area (Å²) >= 11 is 0. The van der Waals surface area contributed by atoms with Crippen molar-refractivity contribution < 1.29 is 15.0 Å². The molecule has 132 valence electrons. The molecule has 0 saturated heterocycles. The number of aliphatic hydroxyl groups is 1. The molecule has 0 aliphatic rings. The molecule has 0 unspecified atom stereocenters. The quantitative estimate of drug-likeness (QED) is 0.640. The number of carbonyl (C=O) groups excluding carboxylic acids is 1. The Morgan fingerprint density at radius 2 is 1.62 bits per heavy atom. The van der Waals surface area contributed by atoms with Crippen LogP contribution in [0.25, 0.3) is 11.1 Å². The van der Waals surface area contributed by atoms with E-state index in [0.29, 0.717) is 12.0 Å². The van der Waals surface area contributed by atoms with E-state index in [4.69, 9.17) is 0 Å². The molecule has 3 rings (SSSR count). The van der Waals surface area contributed by atoms with Crippen molar-refractivity contribution in [2.45, 2.75) is 12.5 Å². The van der Waals surface area contributed by atoms with Crippen molar-refractivity contribution in [1.82, 2.24) is 5.32 Å². The van der Waals surface area contributed by atoms with Gasteiger partial charge in [0, 0.05) is 5.56 Å². The lowest BCUT2D eigenvalue weighted by atomic mass is 10.0. The Labute approximate surface area is 152 Å². The summed E-state index contributed by atoms with van der Waals surface area (Å²) in [5.74, 6) is -0.0186. The summed E-state index contributed by atoms with van der Waals surface area (Å²) in [6, 6.07) is 23.5. The van der Waals surface area contributed by atoms with E-state index in [1.165, 1.54) is 0 Å². The molecule has 0 radical (unpaired) electrons. The van der Waals surface area contributed by atoms with E-state index >= 15 is 0 Å². The fourth-order valence-electron chi connectivity index (χ4n) is 2.82. The number of amides is 1. The van der Waals surface area contributed by atoms with Crippen molar-refractivity contribution in [2.75, 3.05) is 6.61 Å². The highest BCUT2D eigenvalue weighted by Crippen LogP contribution is 2.22. The van der Waals surface area contributed by atoms with Crippen LogP contribution >= 0.6 is 0 Å². The van der Waals surface area contributed by atoms with Gasteiger partial charge in [0.05, 0.1) is 12.6 Å². The summed E-state index contributed by atoms with van der Waals surface area (Å²) in [5, 5.41) is 21.9. The number of aliphatic hydroxyl groups excluding tert-OH is 1. The van der Waals surface area contributed by atoms with Gasteiger partial charge in [0.15, 0.2) is 0 Å². The second-order valence-corrected chi connectivity index (χ2v) is 6.17. The third-order valence-corrected chi connectivity index (χ3v) is 4.21. The average molecular weight is 347 g/mol. The minimum absolute atomic E-state index is 0.127. The van der Waals surface area contributed by atoms with Gasteiger partial charge in [-0.15, -0.1) is 0 Å². The smallest absolute Gasteiger partial charge is 0.251 e. The molecular formula is C22H21NO3. The predicted octanol–water partition coefficient (Wildman–Crippen LogP) is 3.39. The molecule has 0 fully saturated rings. The van der Waals surface area contributed by atoms with Crippen LogP contribution in [0.5, 0.6) is 5.75 Å². The first kappa shape index (κ1) is 17.7. The van der Waals surface area contributed by atoms with E-state index in [1.807, 2.05) is 42.5 Å². The second-order valence-electron chi connectivity index (χ2n) is 6.17. The van der Waals surface area contributed by atoms with Gasteiger partial charge in [-0.2, -0.15) is 0 Å². The van der Waals surface area contributed by atoms with Crippen molar-refractivity contribution >= 4 is 5.91 Å². The first-order valence-electron chi connectivity index (χ1n) is 8.51. The third-order valence-electron chi connectivity index (χ3n) is 4.21. The van der Waals surface area contributed by atoms with Crippen LogP contribution in [0.2, 0.25) is 0 Å². The molecule has 3 N–H and O–H groups in total. The van der Waals surface area contributed by atoms with Crippen molar-refractivity contribution in [2.24, 2.45) is 0 Å². The summed E-state index contributed by atoms with van der Waals surface area (Å²) in [7, 11) is 0. The maximum atomic E-state index is 12.6. The van der Waals surface area contributed by atoms with Gasteiger partial charge in [0.25, 0.3) is 5.91 Å². The van der Waals surface area contributed by atoms with Crippen LogP contribution in [0.4, 0.5) is 0 Å². The number of benzene rings is 3. The highest BCUT2D eigenvalue weighted by molar-refractivity contribution is 5.95. The lowest BCUT2D eigenvalue weighted by Gasteiger charge is -2.17. The molecule has 0 bridgehead atoms. The van der Waals surface area contributed by atoms with Crippen molar-refractivity contribution in [3.05, 3.63) is 90.0 Å². The lowest BCUT2D eigenvalue weighted by Crippen LogP contribution is -2.39. The molecule has 0 heterocycles. The molecule has 3 aromatic rings. The second kappa shape index (κ2) is 8.32. The van der Waals surface area contributed by atoms with Gasteiger partial charge < -0.3 is 15.5 Å². The molecule has 0 aliphatic carbocycles. The Morgan fingerprint density at radius 3 is 2.31 bits per heavy atom. The van der Waals surface area contributed by atoms with Crippen LogP contribution in [-0.2, 0) is 6.42 Å². The van der Waals surface area contributed by atoms with Gasteiger partial charge in [-0.25, -0.2) is 0 Å². The minimum Gasteiger partial charge on any atom is -0.508 e. The Balaban J connectivity index is 1.72. The van der Waals surface area contributed by atoms with Gasteiger partial charge >= 0.3 is 0 Å². The Hall–Kier alpha value is -3.11. The number of aromatic hydroxyl groups is 1. The van der Waals surface area contributed by atoms with Crippen LogP contribution in [0.3, 0.4) is 0 Å². The maximum absolute atomic E-state index is 12.6. The number of carbonyl (C=O) groups is 1. The average Bonchev–Trinajstić information content (AvgIpc) is 2.69. The van der Waals surface area contributed by atoms with Crippen LogP contribution in [0.15, 0.2) is 78.9 Å². The molecule has 0 aromatic heterocycles. The molecule has 3 aromatic carbocycles. The summed E-state index contributed by atoms with van der Waals surface area (Å²) in [6.45, 7) is -0.127. The summed E-state index contributed by atoms with van der Waals surface area (Å²) < 4.78 is 0. The Bertz CT molecular complexity index is 860. The SMILES string of the molecule is O=C(N[C@H](CO)Cc1ccccc1)c1cccc(-c2ccc(O)cc2)c1. The molecule has 4 nitrogen and oxygen atoms in total. The van der Waals surface area contributed by atoms with E-state index in [1.54, 1.807) is 36.4 Å². The van der Waals surface area contributed by atoms with E-state index in [9.17, 15) is 15.0 Å². The fourth-order valence-corrected chi connectivity index (χ4v) is 2.82. The van der Waals surface area contributed by atoms with Crippen LogP contribution in [-0.4, -0.2) is 28.8 Å². The van der Waals surface area contributed by atoms with Gasteiger partial charge in [0.1, 0.15) is 5.75 Å². The van der Waals surface area contributed by atoms with E-state index in [2.05, 4.69) is 5.32 Å². The Morgan fingerprint density at radius 1 is 0.885 bits per heavy atom. The predicted molar refractivity (Wildman–Crippen MR) is 102 cm³/mol. The number of nitrogens with one attached hydrogen (secondary N) is 1. The summed E-state index contributed by atoms with van der Waals surface area (Å²) in [4.78, 5) is 12.6. The van der Waals surface area contributed by atoms with Gasteiger partial charge in [0.2, 0.25) is 0 Å². The molecule has 0 aliphatic heterocycles. The molecule has 1 amide bonds. The van der Waals surface area contributed by atoms with Crippen molar-refractivity contribution in [3.63, 3.8) is 0 Å². The zero-order valence-corrected chi connectivity index (χ0v) is 14.3. The van der Waals surface area contributed by atoms with Crippen LogP contribution in [0, 0.1) is 0 Å². The highest BCUT2D eigenvalue weighted by atomic mass is 16.3. The minimum atomic E-state index is -0.345. The van der Waals surface area contributed by atoms with Crippen molar-refractivity contribution in [1.29, 1.82) is 0 Å². The van der Waals surface area contributed by atoms with Crippen molar-refractivity contribution in [3.8, 4) is 16.9 Å². The number of phenolic OH excluding ortho intramolecular Hbond substituents is 1. The first-order valence-corrected chi connectivity index (χ1v) is 8.51. The number of hydrogen-bond donors (Lipinski definition) is 3. The standard InChI is InChI=1S/C22H21NO3/c24-15-20(13-16-5-2-1-3-6-16)23-22(26)19-8-4-7-18(14-19)17-9-11-21(25)12-10-17/h1-12,14,20,24-25H,13,15H2,(H,23,26)/t20-/m0/s1. The molecule has 4 heteroatoms. The lowest BCUT2D eigenvalue weighted by molar-refractivity contribution is 0.0916. The van der Waals surface area contributed by atoms with Crippen LogP contribution < -0.4 is 5.32 Å². The normalized spacial score (nSPS) is 11.7. The van der Waals surface area contributed by atoms with E-state index < -0.39 is 0 Å². The number of rotatable bonds is 6. The molecule has 0 saturated carbocycles. The largest absolute Gasteiger partial charge is 0.508 e. The third kappa shape index (κ3) is 4.49. The fraction of sp³-hybridized carbons (Fsp3) is 0.136. The molecule has 0 spiro atoms. The summed E-state index contributed by atoms with van der Waals surface area (Å²) in [6.07, 6.45) is 0.570. The van der Waals surface area contributed by atoms with Crippen LogP contribution in [0.1, 0.15) is 15.9 Å². The van der Waals surface area contributed by atoms with E-state index in [0.717, 1.165) is 16.7 Å². The maximum Gasteiger partial charge on any atom is 0.251 e. The monoisotopic (exact) mass is 347 g/mol. The Kier molecular flexibility index (Phi) is 5.66. The van der Waals surface area contributed by atoms with Gasteiger partial charge in [-0.05, 0) is 47.4 Å².